The van der Waals surface area contributed by atoms with Crippen molar-refractivity contribution in [3.8, 4) is 28.8 Å². The van der Waals surface area contributed by atoms with E-state index in [2.05, 4.69) is 20.9 Å². The summed E-state index contributed by atoms with van der Waals surface area (Å²) in [5.41, 5.74) is 3.11. The van der Waals surface area contributed by atoms with Gasteiger partial charge in [0.2, 0.25) is 0 Å². The average molecular weight is 478 g/mol. The highest BCUT2D eigenvalue weighted by Crippen LogP contribution is 2.44. The summed E-state index contributed by atoms with van der Waals surface area (Å²) in [6.07, 6.45) is 5.58. The first kappa shape index (κ1) is 21.2. The molecule has 0 atom stereocenters. The number of nitrogens with zero attached hydrogens (tertiary/aromatic N) is 4. The zero-order valence-corrected chi connectivity index (χ0v) is 19.2. The summed E-state index contributed by atoms with van der Waals surface area (Å²) >= 11 is 1.17. The van der Waals surface area contributed by atoms with Crippen molar-refractivity contribution in [3.63, 3.8) is 0 Å². The lowest BCUT2D eigenvalue weighted by Gasteiger charge is -2.15. The van der Waals surface area contributed by atoms with Crippen molar-refractivity contribution in [2.75, 3.05) is 4.72 Å². The van der Waals surface area contributed by atoms with Crippen molar-refractivity contribution < 1.29 is 13.2 Å². The molecule has 1 fully saturated rings. The summed E-state index contributed by atoms with van der Waals surface area (Å²) in [5.74, 6) is 1.40. The molecule has 1 aliphatic rings. The fraction of sp³-hybridized carbons (Fsp3) is 0.174. The highest BCUT2D eigenvalue weighted by atomic mass is 32.2. The number of aryl methyl sites for hydroxylation is 1. The Morgan fingerprint density at radius 3 is 2.64 bits per heavy atom. The highest BCUT2D eigenvalue weighted by Gasteiger charge is 2.25. The zero-order valence-electron chi connectivity index (χ0n) is 17.6. The Hall–Kier alpha value is -3.68. The van der Waals surface area contributed by atoms with Crippen LogP contribution in [0.3, 0.4) is 0 Å². The molecule has 0 spiro atoms. The van der Waals surface area contributed by atoms with E-state index in [0.29, 0.717) is 11.7 Å². The summed E-state index contributed by atoms with van der Waals surface area (Å²) in [5, 5.41) is 15.9. The van der Waals surface area contributed by atoms with Crippen LogP contribution < -0.4 is 9.46 Å². The lowest BCUT2D eigenvalue weighted by atomic mass is 10.0. The molecule has 0 radical (unpaired) electrons. The zero-order chi connectivity index (χ0) is 23.0. The normalized spacial score (nSPS) is 13.5. The van der Waals surface area contributed by atoms with Crippen molar-refractivity contribution in [1.29, 1.82) is 5.26 Å². The minimum absolute atomic E-state index is 0.0439. The van der Waals surface area contributed by atoms with Crippen LogP contribution in [0, 0.1) is 11.3 Å². The highest BCUT2D eigenvalue weighted by molar-refractivity contribution is 7.93. The molecule has 2 heterocycles. The molecule has 33 heavy (non-hydrogen) atoms. The van der Waals surface area contributed by atoms with Gasteiger partial charge in [0.25, 0.3) is 10.0 Å². The van der Waals surface area contributed by atoms with E-state index in [1.54, 1.807) is 16.3 Å². The third kappa shape index (κ3) is 4.33. The van der Waals surface area contributed by atoms with Gasteiger partial charge in [-0.25, -0.2) is 13.4 Å². The number of thiazole rings is 1. The fourth-order valence-corrected chi connectivity index (χ4v) is 5.38. The van der Waals surface area contributed by atoms with E-state index in [0.717, 1.165) is 11.3 Å². The Morgan fingerprint density at radius 2 is 1.97 bits per heavy atom. The van der Waals surface area contributed by atoms with Crippen LogP contribution in [0.25, 0.3) is 11.3 Å². The van der Waals surface area contributed by atoms with Gasteiger partial charge in [-0.2, -0.15) is 10.4 Å². The first-order chi connectivity index (χ1) is 15.9. The van der Waals surface area contributed by atoms with Crippen LogP contribution >= 0.6 is 11.3 Å². The number of anilines is 1. The van der Waals surface area contributed by atoms with Crippen LogP contribution in [0.5, 0.6) is 11.5 Å². The number of ether oxygens (including phenoxy) is 1. The van der Waals surface area contributed by atoms with Gasteiger partial charge in [-0.1, -0.05) is 6.07 Å². The Morgan fingerprint density at radius 1 is 1.15 bits per heavy atom. The quantitative estimate of drug-likeness (QED) is 0.406. The summed E-state index contributed by atoms with van der Waals surface area (Å²) in [6, 6.07) is 14.2. The lowest BCUT2D eigenvalue weighted by molar-refractivity contribution is 0.481. The van der Waals surface area contributed by atoms with Gasteiger partial charge in [0.1, 0.15) is 17.6 Å². The number of rotatable bonds is 7. The average Bonchev–Trinajstić information content (AvgIpc) is 3.38. The molecule has 8 nitrogen and oxygen atoms in total. The molecule has 0 unspecified atom stereocenters. The monoisotopic (exact) mass is 477 g/mol. The van der Waals surface area contributed by atoms with Crippen LogP contribution in [-0.2, 0) is 17.1 Å². The second-order valence-corrected chi connectivity index (χ2v) is 10.3. The Kier molecular flexibility index (Phi) is 5.36. The third-order valence-corrected chi connectivity index (χ3v) is 7.56. The minimum atomic E-state index is -3.88. The molecule has 10 heteroatoms. The second-order valence-electron chi connectivity index (χ2n) is 7.68. The maximum atomic E-state index is 12.7. The van der Waals surface area contributed by atoms with Crippen LogP contribution in [0.4, 0.5) is 5.13 Å². The predicted octanol–water partition coefficient (Wildman–Crippen LogP) is 4.89. The topological polar surface area (TPSA) is 110 Å². The summed E-state index contributed by atoms with van der Waals surface area (Å²) < 4.78 is 35.7. The summed E-state index contributed by atoms with van der Waals surface area (Å²) in [4.78, 5) is 3.90. The van der Waals surface area contributed by atoms with E-state index in [9.17, 15) is 13.7 Å². The SMILES string of the molecule is Cn1nccc1-c1cc(C2CC2)ccc1Oc1ccc(S(=O)(=O)Nc2nccs2)cc1C#N. The number of hydrogen-bond acceptors (Lipinski definition) is 7. The fourth-order valence-electron chi connectivity index (χ4n) is 3.56. The summed E-state index contributed by atoms with van der Waals surface area (Å²) in [6.45, 7) is 0. The maximum absolute atomic E-state index is 12.7. The molecule has 2 aromatic heterocycles. The molecule has 0 saturated heterocycles. The van der Waals surface area contributed by atoms with Crippen molar-refractivity contribution in [3.05, 3.63) is 71.4 Å². The van der Waals surface area contributed by atoms with Gasteiger partial charge in [0, 0.05) is 30.4 Å². The van der Waals surface area contributed by atoms with Crippen molar-refractivity contribution in [2.45, 2.75) is 23.7 Å². The van der Waals surface area contributed by atoms with E-state index in [4.69, 9.17) is 4.74 Å². The molecular weight excluding hydrogens is 458 g/mol. The first-order valence-electron chi connectivity index (χ1n) is 10.2. The molecule has 1 aliphatic carbocycles. The van der Waals surface area contributed by atoms with E-state index >= 15 is 0 Å². The molecular formula is C23H19N5O3S2. The molecule has 166 valence electrons. The largest absolute Gasteiger partial charge is 0.455 e. The Bertz CT molecular complexity index is 1470. The van der Waals surface area contributed by atoms with Crippen LogP contribution in [-0.4, -0.2) is 23.2 Å². The van der Waals surface area contributed by atoms with Crippen LogP contribution in [0.2, 0.25) is 0 Å². The van der Waals surface area contributed by atoms with Gasteiger partial charge >= 0.3 is 0 Å². The number of nitriles is 1. The van der Waals surface area contributed by atoms with Gasteiger partial charge in [-0.15, -0.1) is 11.3 Å². The predicted molar refractivity (Wildman–Crippen MR) is 125 cm³/mol. The van der Waals surface area contributed by atoms with E-state index in [1.807, 2.05) is 31.3 Å². The van der Waals surface area contributed by atoms with Crippen LogP contribution in [0.1, 0.15) is 29.9 Å². The molecule has 5 rings (SSSR count). The number of hydrogen-bond donors (Lipinski definition) is 1. The molecule has 0 bridgehead atoms. The van der Waals surface area contributed by atoms with Crippen LogP contribution in [0.15, 0.2) is 65.1 Å². The minimum Gasteiger partial charge on any atom is -0.455 e. The lowest BCUT2D eigenvalue weighted by Crippen LogP contribution is -2.13. The smallest absolute Gasteiger partial charge is 0.263 e. The molecule has 2 aromatic carbocycles. The third-order valence-electron chi connectivity index (χ3n) is 5.40. The number of sulfonamides is 1. The molecule has 1 N–H and O–H groups in total. The van der Waals surface area contributed by atoms with Gasteiger partial charge in [0.05, 0.1) is 16.2 Å². The first-order valence-corrected chi connectivity index (χ1v) is 12.6. The molecule has 4 aromatic rings. The van der Waals surface area contributed by atoms with Crippen molar-refractivity contribution >= 4 is 26.5 Å². The van der Waals surface area contributed by atoms with Gasteiger partial charge in [-0.3, -0.25) is 9.40 Å². The number of aromatic nitrogens is 3. The Balaban J connectivity index is 1.50. The molecule has 0 amide bonds. The van der Waals surface area contributed by atoms with Gasteiger partial charge in [-0.05, 0) is 60.7 Å². The van der Waals surface area contributed by atoms with Crippen molar-refractivity contribution in [1.82, 2.24) is 14.8 Å². The van der Waals surface area contributed by atoms with E-state index in [-0.39, 0.29) is 21.3 Å². The maximum Gasteiger partial charge on any atom is 0.263 e. The number of benzene rings is 2. The van der Waals surface area contributed by atoms with E-state index in [1.165, 1.54) is 54.1 Å². The van der Waals surface area contributed by atoms with Gasteiger partial charge < -0.3 is 4.74 Å². The number of nitrogens with one attached hydrogen (secondary N) is 1. The van der Waals surface area contributed by atoms with E-state index < -0.39 is 10.0 Å². The van der Waals surface area contributed by atoms with Crippen molar-refractivity contribution in [2.24, 2.45) is 7.05 Å². The summed E-state index contributed by atoms with van der Waals surface area (Å²) in [7, 11) is -2.02. The standard InChI is InChI=1S/C23H19N5O3S2/c1-28-20(8-9-26-28)19-13-16(15-2-3-15)4-6-22(19)31-21-7-5-18(12-17(21)14-24)33(29,30)27-23-25-10-11-32-23/h4-13,15H,2-3H2,1H3,(H,25,27). The second kappa shape index (κ2) is 8.35. The van der Waals surface area contributed by atoms with Gasteiger partial charge in [0.15, 0.2) is 5.13 Å². The molecule has 1 saturated carbocycles. The Labute approximate surface area is 195 Å². The molecule has 0 aliphatic heterocycles.